The summed E-state index contributed by atoms with van der Waals surface area (Å²) < 4.78 is 5.30. The number of fused-ring (bicyclic) bond motifs is 1. The summed E-state index contributed by atoms with van der Waals surface area (Å²) in [7, 11) is 1.86. The average Bonchev–Trinajstić information content (AvgIpc) is 2.39. The van der Waals surface area contributed by atoms with Gasteiger partial charge in [0, 0.05) is 24.0 Å². The first kappa shape index (κ1) is 17.2. The van der Waals surface area contributed by atoms with Gasteiger partial charge in [0.25, 0.3) is 0 Å². The normalized spacial score (nSPS) is 11.4. The highest BCUT2D eigenvalue weighted by Gasteiger charge is 2.12. The lowest BCUT2D eigenvalue weighted by atomic mass is 10.0. The lowest BCUT2D eigenvalue weighted by molar-refractivity contribution is -0.122. The maximum Gasteiger partial charge on any atom is 0.336 e. The van der Waals surface area contributed by atoms with Gasteiger partial charge in [-0.05, 0) is 63.6 Å². The van der Waals surface area contributed by atoms with E-state index in [0.717, 1.165) is 22.1 Å². The van der Waals surface area contributed by atoms with E-state index in [-0.39, 0.29) is 24.1 Å². The zero-order chi connectivity index (χ0) is 17.1. The van der Waals surface area contributed by atoms with Crippen LogP contribution >= 0.6 is 0 Å². The predicted octanol–water partition coefficient (Wildman–Crippen LogP) is 2.37. The molecule has 2 rings (SSSR count). The molecular formula is C18H24N2O3. The molecule has 0 saturated heterocycles. The van der Waals surface area contributed by atoms with Crippen molar-refractivity contribution in [3.63, 3.8) is 0 Å². The van der Waals surface area contributed by atoms with E-state index in [1.165, 1.54) is 6.07 Å². The van der Waals surface area contributed by atoms with Crippen LogP contribution in [0, 0.1) is 13.8 Å². The first-order valence-corrected chi connectivity index (χ1v) is 7.78. The third kappa shape index (κ3) is 4.42. The topological polar surface area (TPSA) is 62.6 Å². The molecule has 1 aromatic carbocycles. The van der Waals surface area contributed by atoms with Crippen LogP contribution < -0.4 is 10.9 Å². The highest BCUT2D eigenvalue weighted by atomic mass is 16.4. The van der Waals surface area contributed by atoms with E-state index in [2.05, 4.69) is 5.32 Å². The Morgan fingerprint density at radius 3 is 2.52 bits per heavy atom. The Morgan fingerprint density at radius 2 is 1.87 bits per heavy atom. The largest absolute Gasteiger partial charge is 0.423 e. The second kappa shape index (κ2) is 6.96. The van der Waals surface area contributed by atoms with Crippen LogP contribution in [0.25, 0.3) is 11.0 Å². The summed E-state index contributed by atoms with van der Waals surface area (Å²) in [5, 5.41) is 3.78. The Morgan fingerprint density at radius 1 is 1.22 bits per heavy atom. The molecule has 0 aliphatic rings. The number of carbonyl (C=O) groups excluding carboxylic acids is 1. The molecule has 0 fully saturated rings. The minimum atomic E-state index is -0.365. The van der Waals surface area contributed by atoms with Gasteiger partial charge < -0.3 is 9.73 Å². The van der Waals surface area contributed by atoms with Crippen LogP contribution in [0.4, 0.5) is 0 Å². The van der Waals surface area contributed by atoms with E-state index in [0.29, 0.717) is 12.1 Å². The quantitative estimate of drug-likeness (QED) is 0.860. The summed E-state index contributed by atoms with van der Waals surface area (Å²) in [5.41, 5.74) is 3.33. The fourth-order valence-electron chi connectivity index (χ4n) is 2.57. The summed E-state index contributed by atoms with van der Waals surface area (Å²) in [6.07, 6.45) is 0. The Bertz CT molecular complexity index is 778. The fourth-order valence-corrected chi connectivity index (χ4v) is 2.57. The van der Waals surface area contributed by atoms with Crippen LogP contribution in [-0.2, 0) is 11.3 Å². The Kier molecular flexibility index (Phi) is 5.21. The van der Waals surface area contributed by atoms with Crippen molar-refractivity contribution in [1.82, 2.24) is 10.2 Å². The van der Waals surface area contributed by atoms with Gasteiger partial charge in [0.1, 0.15) is 5.58 Å². The second-order valence-corrected chi connectivity index (χ2v) is 6.42. The van der Waals surface area contributed by atoms with Gasteiger partial charge >= 0.3 is 5.63 Å². The molecule has 1 heterocycles. The van der Waals surface area contributed by atoms with Crippen molar-refractivity contribution in [2.75, 3.05) is 13.6 Å². The Labute approximate surface area is 136 Å². The van der Waals surface area contributed by atoms with E-state index >= 15 is 0 Å². The highest BCUT2D eigenvalue weighted by molar-refractivity contribution is 5.82. The first-order valence-electron chi connectivity index (χ1n) is 7.78. The standard InChI is InChI=1S/C18H24N2O3/c1-11(2)19-17(21)10-20(5)9-14-8-18(22)23-16-7-13(4)12(3)6-15(14)16/h6-8,11H,9-10H2,1-5H3,(H,19,21). The van der Waals surface area contributed by atoms with Gasteiger partial charge in [-0.2, -0.15) is 0 Å². The number of carbonyl (C=O) groups is 1. The lowest BCUT2D eigenvalue weighted by Crippen LogP contribution is -2.38. The van der Waals surface area contributed by atoms with E-state index in [9.17, 15) is 9.59 Å². The van der Waals surface area contributed by atoms with Gasteiger partial charge in [0.15, 0.2) is 0 Å². The first-order chi connectivity index (χ1) is 10.8. The molecule has 0 bridgehead atoms. The van der Waals surface area contributed by atoms with Crippen molar-refractivity contribution in [2.45, 2.75) is 40.3 Å². The zero-order valence-corrected chi connectivity index (χ0v) is 14.4. The number of nitrogens with zero attached hydrogens (tertiary/aromatic N) is 1. The third-order valence-electron chi connectivity index (χ3n) is 3.75. The van der Waals surface area contributed by atoms with E-state index in [1.54, 1.807) is 0 Å². The summed E-state index contributed by atoms with van der Waals surface area (Å²) >= 11 is 0. The van der Waals surface area contributed by atoms with E-state index in [1.807, 2.05) is 51.8 Å². The van der Waals surface area contributed by atoms with Crippen molar-refractivity contribution in [3.05, 3.63) is 45.3 Å². The summed E-state index contributed by atoms with van der Waals surface area (Å²) in [6.45, 7) is 8.67. The summed E-state index contributed by atoms with van der Waals surface area (Å²) in [6, 6.07) is 5.55. The van der Waals surface area contributed by atoms with E-state index < -0.39 is 0 Å². The summed E-state index contributed by atoms with van der Waals surface area (Å²) in [5.74, 6) is -0.0261. The lowest BCUT2D eigenvalue weighted by Gasteiger charge is -2.18. The molecule has 1 aromatic heterocycles. The maximum atomic E-state index is 11.9. The van der Waals surface area contributed by atoms with Crippen LogP contribution in [0.15, 0.2) is 27.4 Å². The molecule has 0 aliphatic heterocycles. The van der Waals surface area contributed by atoms with Gasteiger partial charge in [0.2, 0.25) is 5.91 Å². The third-order valence-corrected chi connectivity index (χ3v) is 3.75. The van der Waals surface area contributed by atoms with Gasteiger partial charge in [-0.1, -0.05) is 0 Å². The minimum Gasteiger partial charge on any atom is -0.423 e. The van der Waals surface area contributed by atoms with Crippen molar-refractivity contribution in [1.29, 1.82) is 0 Å². The molecule has 0 saturated carbocycles. The number of aryl methyl sites for hydroxylation is 2. The van der Waals surface area contributed by atoms with E-state index in [4.69, 9.17) is 4.42 Å². The van der Waals surface area contributed by atoms with Crippen LogP contribution in [0.5, 0.6) is 0 Å². The minimum absolute atomic E-state index is 0.0261. The second-order valence-electron chi connectivity index (χ2n) is 6.42. The van der Waals surface area contributed by atoms with Crippen molar-refractivity contribution in [2.24, 2.45) is 0 Å². The molecule has 2 aromatic rings. The van der Waals surface area contributed by atoms with Crippen molar-refractivity contribution in [3.8, 4) is 0 Å². The number of hydrogen-bond donors (Lipinski definition) is 1. The number of likely N-dealkylation sites (N-methyl/N-ethyl adjacent to an activating group) is 1. The molecule has 1 amide bonds. The molecule has 0 spiro atoms. The van der Waals surface area contributed by atoms with Crippen LogP contribution in [-0.4, -0.2) is 30.4 Å². The maximum absolute atomic E-state index is 11.9. The van der Waals surface area contributed by atoms with Gasteiger partial charge in [-0.15, -0.1) is 0 Å². The van der Waals surface area contributed by atoms with Gasteiger partial charge in [-0.25, -0.2) is 4.79 Å². The number of benzene rings is 1. The molecule has 5 heteroatoms. The molecule has 23 heavy (non-hydrogen) atoms. The number of hydrogen-bond acceptors (Lipinski definition) is 4. The van der Waals surface area contributed by atoms with Crippen molar-refractivity contribution < 1.29 is 9.21 Å². The molecule has 124 valence electrons. The SMILES string of the molecule is Cc1cc2oc(=O)cc(CN(C)CC(=O)NC(C)C)c2cc1C. The highest BCUT2D eigenvalue weighted by Crippen LogP contribution is 2.22. The number of rotatable bonds is 5. The average molecular weight is 316 g/mol. The zero-order valence-electron chi connectivity index (χ0n) is 14.4. The molecule has 0 atom stereocenters. The number of nitrogens with one attached hydrogen (secondary N) is 1. The predicted molar refractivity (Wildman–Crippen MR) is 91.6 cm³/mol. The number of amides is 1. The smallest absolute Gasteiger partial charge is 0.336 e. The molecule has 0 radical (unpaired) electrons. The van der Waals surface area contributed by atoms with Crippen LogP contribution in [0.2, 0.25) is 0 Å². The Balaban J connectivity index is 2.27. The molecular weight excluding hydrogens is 292 g/mol. The molecule has 1 N–H and O–H groups in total. The Hall–Kier alpha value is -2.14. The molecule has 0 unspecified atom stereocenters. The van der Waals surface area contributed by atoms with Gasteiger partial charge in [0.05, 0.1) is 6.54 Å². The fraction of sp³-hybridized carbons (Fsp3) is 0.444. The molecule has 0 aliphatic carbocycles. The van der Waals surface area contributed by atoms with Crippen LogP contribution in [0.3, 0.4) is 0 Å². The monoisotopic (exact) mass is 316 g/mol. The van der Waals surface area contributed by atoms with Crippen molar-refractivity contribution >= 4 is 16.9 Å². The van der Waals surface area contributed by atoms with Crippen LogP contribution in [0.1, 0.15) is 30.5 Å². The summed E-state index contributed by atoms with van der Waals surface area (Å²) in [4.78, 5) is 25.5. The molecule has 5 nitrogen and oxygen atoms in total. The van der Waals surface area contributed by atoms with Gasteiger partial charge in [-0.3, -0.25) is 9.69 Å².